The van der Waals surface area contributed by atoms with Gasteiger partial charge in [0, 0.05) is 6.26 Å². The molecule has 4 nitrogen and oxygen atoms in total. The fraction of sp³-hybridized carbons (Fsp3) is 0.462. The molecule has 0 spiro atoms. The van der Waals surface area contributed by atoms with Gasteiger partial charge in [-0.25, -0.2) is 13.2 Å². The second-order valence-electron chi connectivity index (χ2n) is 4.28. The highest BCUT2D eigenvalue weighted by atomic mass is 79.9. The van der Waals surface area contributed by atoms with Crippen molar-refractivity contribution in [2.24, 2.45) is 0 Å². The zero-order chi connectivity index (χ0) is 14.6. The third-order valence-electron chi connectivity index (χ3n) is 2.75. The van der Waals surface area contributed by atoms with Crippen molar-refractivity contribution < 1.29 is 17.9 Å². The quantitative estimate of drug-likeness (QED) is 0.767. The fourth-order valence-electron chi connectivity index (χ4n) is 1.83. The van der Waals surface area contributed by atoms with E-state index < -0.39 is 15.8 Å². The smallest absolute Gasteiger partial charge is 0.339 e. The summed E-state index contributed by atoms with van der Waals surface area (Å²) in [6.45, 7) is 2.04. The van der Waals surface area contributed by atoms with Crippen LogP contribution in [0, 0.1) is 0 Å². The molecule has 0 radical (unpaired) electrons. The highest BCUT2D eigenvalue weighted by Crippen LogP contribution is 2.31. The van der Waals surface area contributed by atoms with Crippen molar-refractivity contribution in [1.82, 2.24) is 0 Å². The van der Waals surface area contributed by atoms with Crippen LogP contribution in [0.4, 0.5) is 0 Å². The van der Waals surface area contributed by atoms with Crippen molar-refractivity contribution >= 4 is 31.7 Å². The predicted octanol–water partition coefficient (Wildman–Crippen LogP) is 2.98. The Bertz CT molecular complexity index is 579. The van der Waals surface area contributed by atoms with Crippen LogP contribution in [0.25, 0.3) is 0 Å². The molecular weight excluding hydrogens is 332 g/mol. The lowest BCUT2D eigenvalue weighted by Crippen LogP contribution is -2.10. The highest BCUT2D eigenvalue weighted by Gasteiger charge is 2.22. The first-order valence-corrected chi connectivity index (χ1v) is 8.61. The molecule has 0 aliphatic carbocycles. The summed E-state index contributed by atoms with van der Waals surface area (Å²) in [4.78, 5) is 11.8. The van der Waals surface area contributed by atoms with Gasteiger partial charge < -0.3 is 4.74 Å². The van der Waals surface area contributed by atoms with Gasteiger partial charge in [-0.05, 0) is 40.4 Å². The molecular formula is C13H17BrO4S. The van der Waals surface area contributed by atoms with Crippen molar-refractivity contribution in [2.45, 2.75) is 31.1 Å². The van der Waals surface area contributed by atoms with Crippen LogP contribution in [-0.4, -0.2) is 27.8 Å². The number of ether oxygens (including phenoxy) is 1. The first kappa shape index (κ1) is 16.2. The molecule has 0 aliphatic rings. The number of unbranched alkanes of at least 4 members (excludes halogenated alkanes) is 1. The number of rotatable bonds is 5. The number of carbonyl (C=O) groups excluding carboxylic acids is 1. The van der Waals surface area contributed by atoms with Gasteiger partial charge in [-0.3, -0.25) is 0 Å². The summed E-state index contributed by atoms with van der Waals surface area (Å²) in [6, 6.07) is 3.28. The van der Waals surface area contributed by atoms with E-state index in [2.05, 4.69) is 20.7 Å². The first-order valence-electron chi connectivity index (χ1n) is 5.92. The van der Waals surface area contributed by atoms with Gasteiger partial charge in [-0.1, -0.05) is 19.4 Å². The lowest BCUT2D eigenvalue weighted by Gasteiger charge is -2.12. The van der Waals surface area contributed by atoms with E-state index in [-0.39, 0.29) is 14.9 Å². The minimum atomic E-state index is -3.41. The molecule has 6 heteroatoms. The summed E-state index contributed by atoms with van der Waals surface area (Å²) in [5.41, 5.74) is 0.951. The van der Waals surface area contributed by atoms with Gasteiger partial charge in [-0.2, -0.15) is 0 Å². The maximum Gasteiger partial charge on any atom is 0.339 e. The summed E-state index contributed by atoms with van der Waals surface area (Å²) in [7, 11) is -2.15. The second-order valence-corrected chi connectivity index (χ2v) is 7.03. The number of hydrogen-bond donors (Lipinski definition) is 0. The lowest BCUT2D eigenvalue weighted by molar-refractivity contribution is 0.0599. The Morgan fingerprint density at radius 2 is 2.00 bits per heavy atom. The number of sulfone groups is 1. The summed E-state index contributed by atoms with van der Waals surface area (Å²) < 4.78 is 28.8. The van der Waals surface area contributed by atoms with Gasteiger partial charge >= 0.3 is 5.97 Å². The summed E-state index contributed by atoms with van der Waals surface area (Å²) in [6.07, 6.45) is 3.68. The van der Waals surface area contributed by atoms with Crippen molar-refractivity contribution in [1.29, 1.82) is 0 Å². The van der Waals surface area contributed by atoms with Crippen LogP contribution in [0.5, 0.6) is 0 Å². The lowest BCUT2D eigenvalue weighted by atomic mass is 10.1. The van der Waals surface area contributed by atoms with Gasteiger partial charge in [0.15, 0.2) is 9.84 Å². The van der Waals surface area contributed by atoms with Crippen LogP contribution in [0.1, 0.15) is 35.7 Å². The topological polar surface area (TPSA) is 60.4 Å². The van der Waals surface area contributed by atoms with E-state index >= 15 is 0 Å². The molecule has 0 fully saturated rings. The Balaban J connectivity index is 3.45. The van der Waals surface area contributed by atoms with Crippen LogP contribution in [0.3, 0.4) is 0 Å². The molecule has 0 atom stereocenters. The summed E-state index contributed by atoms with van der Waals surface area (Å²) in [5.74, 6) is -0.557. The van der Waals surface area contributed by atoms with Crippen LogP contribution in [0.15, 0.2) is 21.5 Å². The van der Waals surface area contributed by atoms with E-state index in [0.717, 1.165) is 24.7 Å². The van der Waals surface area contributed by atoms with Crippen molar-refractivity contribution in [3.63, 3.8) is 0 Å². The molecule has 1 rings (SSSR count). The standard InChI is InChI=1S/C13H17BrO4S/c1-4-5-6-9-7-8-10(13(15)18-2)11(14)12(9)19(3,16)17/h7-8H,4-6H2,1-3H3. The molecule has 0 aliphatic heterocycles. The number of aryl methyl sites for hydroxylation is 1. The maximum absolute atomic E-state index is 11.9. The predicted molar refractivity (Wildman–Crippen MR) is 77.2 cm³/mol. The van der Waals surface area contributed by atoms with Crippen molar-refractivity contribution in [2.75, 3.05) is 13.4 Å². The number of methoxy groups -OCH3 is 1. The van der Waals surface area contributed by atoms with Crippen LogP contribution < -0.4 is 0 Å². The maximum atomic E-state index is 11.9. The Hall–Kier alpha value is -0.880. The highest BCUT2D eigenvalue weighted by molar-refractivity contribution is 9.10. The monoisotopic (exact) mass is 348 g/mol. The molecule has 0 saturated carbocycles. The molecule has 1 aromatic carbocycles. The molecule has 0 amide bonds. The van der Waals surface area contributed by atoms with E-state index in [1.165, 1.54) is 7.11 Å². The number of carbonyl (C=O) groups is 1. The molecule has 0 N–H and O–H groups in total. The molecule has 0 bridgehead atoms. The Labute approximate surface area is 122 Å². The SMILES string of the molecule is CCCCc1ccc(C(=O)OC)c(Br)c1S(C)(=O)=O. The van der Waals surface area contributed by atoms with Crippen LogP contribution in [0.2, 0.25) is 0 Å². The van der Waals surface area contributed by atoms with E-state index in [0.29, 0.717) is 6.42 Å². The zero-order valence-corrected chi connectivity index (χ0v) is 13.6. The van der Waals surface area contributed by atoms with Crippen molar-refractivity contribution in [3.8, 4) is 0 Å². The fourth-order valence-corrected chi connectivity index (χ4v) is 4.34. The van der Waals surface area contributed by atoms with Gasteiger partial charge in [0.25, 0.3) is 0 Å². The Morgan fingerprint density at radius 3 is 2.47 bits per heavy atom. The van der Waals surface area contributed by atoms with Gasteiger partial charge in [0.05, 0.1) is 22.0 Å². The third kappa shape index (κ3) is 3.79. The third-order valence-corrected chi connectivity index (χ3v) is 5.05. The largest absolute Gasteiger partial charge is 0.465 e. The minimum Gasteiger partial charge on any atom is -0.465 e. The summed E-state index contributed by atoms with van der Waals surface area (Å²) >= 11 is 3.22. The normalized spacial score (nSPS) is 11.4. The average molecular weight is 349 g/mol. The van der Waals surface area contributed by atoms with E-state index in [1.54, 1.807) is 12.1 Å². The molecule has 0 saturated heterocycles. The molecule has 0 aromatic heterocycles. The van der Waals surface area contributed by atoms with Crippen LogP contribution >= 0.6 is 15.9 Å². The number of halogens is 1. The Kier molecular flexibility index (Phi) is 5.55. The first-order chi connectivity index (χ1) is 8.82. The molecule has 106 valence electrons. The average Bonchev–Trinajstić information content (AvgIpc) is 2.33. The molecule has 19 heavy (non-hydrogen) atoms. The van der Waals surface area contributed by atoms with Crippen molar-refractivity contribution in [3.05, 3.63) is 27.7 Å². The number of hydrogen-bond acceptors (Lipinski definition) is 4. The molecule has 0 unspecified atom stereocenters. The second kappa shape index (κ2) is 6.52. The van der Waals surface area contributed by atoms with Gasteiger partial charge in [0.1, 0.15) is 0 Å². The minimum absolute atomic E-state index is 0.184. The van der Waals surface area contributed by atoms with E-state index in [4.69, 9.17) is 0 Å². The van der Waals surface area contributed by atoms with Gasteiger partial charge in [0.2, 0.25) is 0 Å². The van der Waals surface area contributed by atoms with Gasteiger partial charge in [-0.15, -0.1) is 0 Å². The molecule has 1 aromatic rings. The van der Waals surface area contributed by atoms with Crippen LogP contribution in [-0.2, 0) is 21.0 Å². The molecule has 0 heterocycles. The zero-order valence-electron chi connectivity index (χ0n) is 11.2. The number of benzene rings is 1. The summed E-state index contributed by atoms with van der Waals surface area (Å²) in [5, 5.41) is 0. The Morgan fingerprint density at radius 1 is 1.37 bits per heavy atom. The van der Waals surface area contributed by atoms with E-state index in [9.17, 15) is 13.2 Å². The number of esters is 1. The van der Waals surface area contributed by atoms with E-state index in [1.807, 2.05) is 6.92 Å².